The predicted octanol–water partition coefficient (Wildman–Crippen LogP) is 3.74. The van der Waals surface area contributed by atoms with Crippen molar-refractivity contribution in [2.75, 3.05) is 0 Å². The van der Waals surface area contributed by atoms with Crippen LogP contribution in [0.15, 0.2) is 42.5 Å². The standard InChI is InChI=1S/C16H12F2O2/c17-11-4-7-14(15(18)9-11)16(19)10-2-1-3-13(8-10)20-12-5-6-12/h1-4,7-9,12H,5-6H2. The molecule has 0 aromatic heterocycles. The minimum atomic E-state index is -0.858. The van der Waals surface area contributed by atoms with Crippen LogP contribution in [0, 0.1) is 11.6 Å². The van der Waals surface area contributed by atoms with E-state index in [0.717, 1.165) is 25.0 Å². The summed E-state index contributed by atoms with van der Waals surface area (Å²) in [5.41, 5.74) is 0.184. The quantitative estimate of drug-likeness (QED) is 0.794. The first kappa shape index (κ1) is 12.8. The van der Waals surface area contributed by atoms with Gasteiger partial charge in [-0.25, -0.2) is 8.78 Å². The second kappa shape index (κ2) is 5.04. The smallest absolute Gasteiger partial charge is 0.196 e. The molecule has 4 heteroatoms. The van der Waals surface area contributed by atoms with Crippen molar-refractivity contribution in [2.45, 2.75) is 18.9 Å². The largest absolute Gasteiger partial charge is 0.490 e. The number of rotatable bonds is 4. The number of benzene rings is 2. The summed E-state index contributed by atoms with van der Waals surface area (Å²) < 4.78 is 32.1. The van der Waals surface area contributed by atoms with Crippen molar-refractivity contribution in [1.82, 2.24) is 0 Å². The van der Waals surface area contributed by atoms with Crippen LogP contribution in [0.5, 0.6) is 5.75 Å². The lowest BCUT2D eigenvalue weighted by molar-refractivity contribution is 0.103. The van der Waals surface area contributed by atoms with Gasteiger partial charge in [-0.15, -0.1) is 0 Å². The molecule has 1 saturated carbocycles. The average Bonchev–Trinajstić information content (AvgIpc) is 3.22. The molecule has 0 N–H and O–H groups in total. The topological polar surface area (TPSA) is 26.3 Å². The van der Waals surface area contributed by atoms with Crippen molar-refractivity contribution in [2.24, 2.45) is 0 Å². The van der Waals surface area contributed by atoms with E-state index in [1.165, 1.54) is 0 Å². The fourth-order valence-electron chi connectivity index (χ4n) is 1.92. The minimum absolute atomic E-state index is 0.144. The number of carbonyl (C=O) groups excluding carboxylic acids is 1. The van der Waals surface area contributed by atoms with Crippen molar-refractivity contribution in [3.05, 3.63) is 65.2 Å². The van der Waals surface area contributed by atoms with Crippen molar-refractivity contribution < 1.29 is 18.3 Å². The summed E-state index contributed by atoms with van der Waals surface area (Å²) in [6.45, 7) is 0. The van der Waals surface area contributed by atoms with Gasteiger partial charge in [0, 0.05) is 11.6 Å². The van der Waals surface area contributed by atoms with Gasteiger partial charge < -0.3 is 4.74 Å². The van der Waals surface area contributed by atoms with E-state index in [-0.39, 0.29) is 11.7 Å². The molecule has 0 atom stereocenters. The highest BCUT2D eigenvalue weighted by atomic mass is 19.1. The van der Waals surface area contributed by atoms with Gasteiger partial charge in [-0.3, -0.25) is 4.79 Å². The Morgan fingerprint density at radius 2 is 1.90 bits per heavy atom. The highest BCUT2D eigenvalue weighted by Gasteiger charge is 2.24. The highest BCUT2D eigenvalue weighted by molar-refractivity contribution is 6.09. The van der Waals surface area contributed by atoms with Crippen LogP contribution < -0.4 is 4.74 Å². The van der Waals surface area contributed by atoms with E-state index in [0.29, 0.717) is 17.4 Å². The monoisotopic (exact) mass is 274 g/mol. The molecule has 3 rings (SSSR count). The number of hydrogen-bond donors (Lipinski definition) is 0. The molecule has 0 radical (unpaired) electrons. The molecule has 1 aliphatic rings. The second-order valence-corrected chi connectivity index (χ2v) is 4.80. The maximum atomic E-state index is 13.6. The van der Waals surface area contributed by atoms with Gasteiger partial charge >= 0.3 is 0 Å². The maximum Gasteiger partial charge on any atom is 0.196 e. The van der Waals surface area contributed by atoms with Gasteiger partial charge in [-0.1, -0.05) is 12.1 Å². The second-order valence-electron chi connectivity index (χ2n) is 4.80. The Kier molecular flexibility index (Phi) is 3.22. The molecule has 0 aliphatic heterocycles. The molecule has 0 bridgehead atoms. The van der Waals surface area contributed by atoms with Gasteiger partial charge in [0.1, 0.15) is 17.4 Å². The molecular weight excluding hydrogens is 262 g/mol. The Labute approximate surface area is 115 Å². The van der Waals surface area contributed by atoms with Crippen LogP contribution in [0.25, 0.3) is 0 Å². The van der Waals surface area contributed by atoms with Gasteiger partial charge in [0.2, 0.25) is 0 Å². The summed E-state index contributed by atoms with van der Waals surface area (Å²) >= 11 is 0. The fourth-order valence-corrected chi connectivity index (χ4v) is 1.92. The Hall–Kier alpha value is -2.23. The summed E-state index contributed by atoms with van der Waals surface area (Å²) in [5, 5.41) is 0. The molecule has 2 nitrogen and oxygen atoms in total. The van der Waals surface area contributed by atoms with E-state index in [1.54, 1.807) is 24.3 Å². The van der Waals surface area contributed by atoms with Crippen LogP contribution in [-0.2, 0) is 0 Å². The van der Waals surface area contributed by atoms with Crippen molar-refractivity contribution >= 4 is 5.78 Å². The Bertz CT molecular complexity index is 663. The average molecular weight is 274 g/mol. The Morgan fingerprint density at radius 1 is 1.10 bits per heavy atom. The fraction of sp³-hybridized carbons (Fsp3) is 0.188. The first-order valence-corrected chi connectivity index (χ1v) is 6.40. The lowest BCUT2D eigenvalue weighted by Crippen LogP contribution is -2.05. The van der Waals surface area contributed by atoms with Crippen molar-refractivity contribution in [3.63, 3.8) is 0 Å². The molecule has 0 spiro atoms. The van der Waals surface area contributed by atoms with Gasteiger partial charge in [0.05, 0.1) is 11.7 Å². The first-order valence-electron chi connectivity index (χ1n) is 6.40. The number of ether oxygens (including phenoxy) is 1. The number of ketones is 1. The van der Waals surface area contributed by atoms with E-state index in [4.69, 9.17) is 4.74 Å². The summed E-state index contributed by atoms with van der Waals surface area (Å²) in [6.07, 6.45) is 2.26. The minimum Gasteiger partial charge on any atom is -0.490 e. The van der Waals surface area contributed by atoms with Crippen molar-refractivity contribution in [3.8, 4) is 5.75 Å². The summed E-state index contributed by atoms with van der Waals surface area (Å²) in [5.74, 6) is -1.45. The molecule has 0 heterocycles. The van der Waals surface area contributed by atoms with E-state index in [9.17, 15) is 13.6 Å². The van der Waals surface area contributed by atoms with Crippen LogP contribution in [0.1, 0.15) is 28.8 Å². The number of halogens is 2. The van der Waals surface area contributed by atoms with Crippen LogP contribution in [0.4, 0.5) is 8.78 Å². The molecule has 0 amide bonds. The van der Waals surface area contributed by atoms with Gasteiger partial charge in [0.15, 0.2) is 5.78 Å². The number of carbonyl (C=O) groups is 1. The van der Waals surface area contributed by atoms with E-state index in [1.807, 2.05) is 0 Å². The summed E-state index contributed by atoms with van der Waals surface area (Å²) in [4.78, 5) is 12.2. The van der Waals surface area contributed by atoms with E-state index >= 15 is 0 Å². The first-order chi connectivity index (χ1) is 9.63. The highest BCUT2D eigenvalue weighted by Crippen LogP contribution is 2.27. The molecule has 102 valence electrons. The van der Waals surface area contributed by atoms with Crippen LogP contribution in [0.3, 0.4) is 0 Å². The van der Waals surface area contributed by atoms with E-state index < -0.39 is 17.4 Å². The zero-order chi connectivity index (χ0) is 14.1. The normalized spacial score (nSPS) is 14.1. The zero-order valence-corrected chi connectivity index (χ0v) is 10.6. The zero-order valence-electron chi connectivity index (χ0n) is 10.6. The SMILES string of the molecule is O=C(c1cccc(OC2CC2)c1)c1ccc(F)cc1F. The molecule has 20 heavy (non-hydrogen) atoms. The molecule has 1 fully saturated rings. The summed E-state index contributed by atoms with van der Waals surface area (Å²) in [6, 6.07) is 9.55. The third-order valence-electron chi connectivity index (χ3n) is 3.10. The van der Waals surface area contributed by atoms with Gasteiger partial charge in [-0.2, -0.15) is 0 Å². The molecule has 0 unspecified atom stereocenters. The predicted molar refractivity (Wildman–Crippen MR) is 69.9 cm³/mol. The van der Waals surface area contributed by atoms with Crippen LogP contribution >= 0.6 is 0 Å². The molecule has 2 aromatic carbocycles. The molecule has 2 aromatic rings. The Morgan fingerprint density at radius 3 is 2.60 bits per heavy atom. The van der Waals surface area contributed by atoms with Gasteiger partial charge in [0.25, 0.3) is 0 Å². The van der Waals surface area contributed by atoms with Gasteiger partial charge in [-0.05, 0) is 37.1 Å². The maximum absolute atomic E-state index is 13.6. The lowest BCUT2D eigenvalue weighted by atomic mass is 10.0. The van der Waals surface area contributed by atoms with Crippen molar-refractivity contribution in [1.29, 1.82) is 0 Å². The summed E-state index contributed by atoms with van der Waals surface area (Å²) in [7, 11) is 0. The van der Waals surface area contributed by atoms with E-state index in [2.05, 4.69) is 0 Å². The molecular formula is C16H12F2O2. The van der Waals surface area contributed by atoms with Crippen LogP contribution in [-0.4, -0.2) is 11.9 Å². The Balaban J connectivity index is 1.89. The third-order valence-corrected chi connectivity index (χ3v) is 3.10. The number of hydrogen-bond acceptors (Lipinski definition) is 2. The molecule has 1 aliphatic carbocycles. The third kappa shape index (κ3) is 2.69. The lowest BCUT2D eigenvalue weighted by Gasteiger charge is -2.07. The van der Waals surface area contributed by atoms with Crippen LogP contribution in [0.2, 0.25) is 0 Å². The molecule has 0 saturated heterocycles.